The van der Waals surface area contributed by atoms with Gasteiger partial charge in [0.25, 0.3) is 0 Å². The molecular weight excluding hydrogens is 132 g/mol. The van der Waals surface area contributed by atoms with Crippen molar-refractivity contribution in [2.45, 2.75) is 19.3 Å². The van der Waals surface area contributed by atoms with Crippen molar-refractivity contribution < 1.29 is 0 Å². The lowest BCUT2D eigenvalue weighted by Crippen LogP contribution is -2.16. The highest BCUT2D eigenvalue weighted by Crippen LogP contribution is 2.33. The fraction of sp³-hybridized carbons (Fsp3) is 0.455. The zero-order chi connectivity index (χ0) is 8.27. The normalized spacial score (nSPS) is 31.5. The summed E-state index contributed by atoms with van der Waals surface area (Å²) in [5.41, 5.74) is 1.37. The Hall–Kier alpha value is -0.780. The Morgan fingerprint density at radius 2 is 1.82 bits per heavy atom. The van der Waals surface area contributed by atoms with E-state index in [-0.39, 0.29) is 0 Å². The average Bonchev–Trinajstić information content (AvgIpc) is 2.04. The van der Waals surface area contributed by atoms with Gasteiger partial charge in [0, 0.05) is 0 Å². The van der Waals surface area contributed by atoms with Gasteiger partial charge in [-0.1, -0.05) is 24.3 Å². The smallest absolute Gasteiger partial charge is 0.0136 e. The molecule has 0 saturated heterocycles. The zero-order valence-electron chi connectivity index (χ0n) is 7.05. The highest BCUT2D eigenvalue weighted by molar-refractivity contribution is 5.08. The van der Waals surface area contributed by atoms with Crippen LogP contribution in [0, 0.1) is 11.8 Å². The average molecular weight is 148 g/mol. The van der Waals surface area contributed by atoms with Gasteiger partial charge in [-0.25, -0.2) is 0 Å². The predicted octanol–water partition coefficient (Wildman–Crippen LogP) is 3.33. The Morgan fingerprint density at radius 1 is 1.18 bits per heavy atom. The van der Waals surface area contributed by atoms with Crippen molar-refractivity contribution in [2.24, 2.45) is 11.8 Å². The van der Waals surface area contributed by atoms with Crippen LogP contribution in [-0.4, -0.2) is 0 Å². The molecule has 0 nitrogen and oxygen atoms in total. The van der Waals surface area contributed by atoms with E-state index in [1.165, 1.54) is 18.4 Å². The first-order chi connectivity index (χ1) is 5.27. The standard InChI is InChI=1S/C11H16/c1-4-10-7-6-9(3)8-11(10)5-2/h4-5,10-11H,1-3,6-8H2. The van der Waals surface area contributed by atoms with Crippen molar-refractivity contribution >= 4 is 0 Å². The van der Waals surface area contributed by atoms with Crippen molar-refractivity contribution in [1.29, 1.82) is 0 Å². The molecule has 0 aromatic heterocycles. The first-order valence-corrected chi connectivity index (χ1v) is 4.19. The highest BCUT2D eigenvalue weighted by Gasteiger charge is 2.21. The maximum Gasteiger partial charge on any atom is -0.0136 e. The predicted molar refractivity (Wildman–Crippen MR) is 50.4 cm³/mol. The first kappa shape index (κ1) is 8.32. The maximum absolute atomic E-state index is 4.00. The molecule has 0 heteroatoms. The second-order valence-electron chi connectivity index (χ2n) is 3.29. The summed E-state index contributed by atoms with van der Waals surface area (Å²) in [6.45, 7) is 11.7. The van der Waals surface area contributed by atoms with Crippen molar-refractivity contribution in [3.8, 4) is 0 Å². The van der Waals surface area contributed by atoms with Gasteiger partial charge in [0.1, 0.15) is 0 Å². The fourth-order valence-electron chi connectivity index (χ4n) is 1.72. The van der Waals surface area contributed by atoms with E-state index in [9.17, 15) is 0 Å². The van der Waals surface area contributed by atoms with Crippen molar-refractivity contribution in [1.82, 2.24) is 0 Å². The van der Waals surface area contributed by atoms with Crippen LogP contribution < -0.4 is 0 Å². The molecule has 0 aromatic rings. The van der Waals surface area contributed by atoms with Crippen LogP contribution >= 0.6 is 0 Å². The lowest BCUT2D eigenvalue weighted by atomic mass is 9.77. The summed E-state index contributed by atoms with van der Waals surface area (Å²) in [7, 11) is 0. The molecule has 0 radical (unpaired) electrons. The van der Waals surface area contributed by atoms with Crippen LogP contribution in [0.3, 0.4) is 0 Å². The van der Waals surface area contributed by atoms with E-state index in [2.05, 4.69) is 25.8 Å². The fourth-order valence-corrected chi connectivity index (χ4v) is 1.72. The summed E-state index contributed by atoms with van der Waals surface area (Å²) >= 11 is 0. The van der Waals surface area contributed by atoms with Crippen LogP contribution in [0.5, 0.6) is 0 Å². The minimum Gasteiger partial charge on any atom is -0.103 e. The van der Waals surface area contributed by atoms with Gasteiger partial charge < -0.3 is 0 Å². The van der Waals surface area contributed by atoms with E-state index < -0.39 is 0 Å². The van der Waals surface area contributed by atoms with Gasteiger partial charge in [0.15, 0.2) is 0 Å². The van der Waals surface area contributed by atoms with Crippen LogP contribution in [-0.2, 0) is 0 Å². The van der Waals surface area contributed by atoms with Gasteiger partial charge >= 0.3 is 0 Å². The third-order valence-corrected chi connectivity index (χ3v) is 2.51. The van der Waals surface area contributed by atoms with Gasteiger partial charge in [-0.2, -0.15) is 0 Å². The van der Waals surface area contributed by atoms with Crippen LogP contribution in [0.15, 0.2) is 37.5 Å². The molecule has 1 aliphatic carbocycles. The van der Waals surface area contributed by atoms with Gasteiger partial charge in [-0.05, 0) is 31.1 Å². The molecule has 0 heterocycles. The summed E-state index contributed by atoms with van der Waals surface area (Å²) < 4.78 is 0. The first-order valence-electron chi connectivity index (χ1n) is 4.19. The Morgan fingerprint density at radius 3 is 2.36 bits per heavy atom. The molecule has 0 bridgehead atoms. The topological polar surface area (TPSA) is 0 Å². The molecule has 0 N–H and O–H groups in total. The molecule has 1 rings (SSSR count). The highest BCUT2D eigenvalue weighted by atomic mass is 14.3. The molecule has 11 heavy (non-hydrogen) atoms. The molecule has 0 spiro atoms. The quantitative estimate of drug-likeness (QED) is 0.527. The summed E-state index contributed by atoms with van der Waals surface area (Å²) in [5, 5.41) is 0. The molecule has 60 valence electrons. The molecule has 0 amide bonds. The summed E-state index contributed by atoms with van der Waals surface area (Å²) in [6, 6.07) is 0. The monoisotopic (exact) mass is 148 g/mol. The Bertz CT molecular complexity index is 176. The third-order valence-electron chi connectivity index (χ3n) is 2.51. The third kappa shape index (κ3) is 1.83. The molecule has 1 aliphatic rings. The second kappa shape index (κ2) is 3.56. The van der Waals surface area contributed by atoms with Crippen molar-refractivity contribution in [3.63, 3.8) is 0 Å². The molecule has 0 aliphatic heterocycles. The number of hydrogen-bond donors (Lipinski definition) is 0. The Kier molecular flexibility index (Phi) is 2.70. The number of allylic oxidation sites excluding steroid dienone is 3. The minimum atomic E-state index is 0.591. The number of hydrogen-bond acceptors (Lipinski definition) is 0. The largest absolute Gasteiger partial charge is 0.103 e. The van der Waals surface area contributed by atoms with E-state index in [0.717, 1.165) is 6.42 Å². The zero-order valence-corrected chi connectivity index (χ0v) is 7.05. The molecule has 0 aromatic carbocycles. The Balaban J connectivity index is 2.61. The van der Waals surface area contributed by atoms with E-state index in [1.54, 1.807) is 0 Å². The lowest BCUT2D eigenvalue weighted by Gasteiger charge is -2.27. The lowest BCUT2D eigenvalue weighted by molar-refractivity contribution is 0.396. The van der Waals surface area contributed by atoms with Crippen LogP contribution in [0.1, 0.15) is 19.3 Å². The molecule has 1 saturated carbocycles. The van der Waals surface area contributed by atoms with Crippen molar-refractivity contribution in [2.75, 3.05) is 0 Å². The molecule has 2 unspecified atom stereocenters. The maximum atomic E-state index is 4.00. The van der Waals surface area contributed by atoms with Crippen LogP contribution in [0.2, 0.25) is 0 Å². The van der Waals surface area contributed by atoms with Gasteiger partial charge in [0.05, 0.1) is 0 Å². The van der Waals surface area contributed by atoms with Crippen LogP contribution in [0.25, 0.3) is 0 Å². The summed E-state index contributed by atoms with van der Waals surface area (Å²) in [5.74, 6) is 1.23. The Labute approximate surface area is 69.3 Å². The van der Waals surface area contributed by atoms with E-state index in [0.29, 0.717) is 11.8 Å². The van der Waals surface area contributed by atoms with Crippen molar-refractivity contribution in [3.05, 3.63) is 37.5 Å². The van der Waals surface area contributed by atoms with Crippen LogP contribution in [0.4, 0.5) is 0 Å². The summed E-state index contributed by atoms with van der Waals surface area (Å²) in [4.78, 5) is 0. The van der Waals surface area contributed by atoms with Gasteiger partial charge in [-0.3, -0.25) is 0 Å². The molecular formula is C11H16. The van der Waals surface area contributed by atoms with E-state index in [4.69, 9.17) is 0 Å². The second-order valence-corrected chi connectivity index (χ2v) is 3.29. The molecule has 1 fully saturated rings. The van der Waals surface area contributed by atoms with Gasteiger partial charge in [0.2, 0.25) is 0 Å². The molecule has 2 atom stereocenters. The summed E-state index contributed by atoms with van der Waals surface area (Å²) in [6.07, 6.45) is 7.58. The minimum absolute atomic E-state index is 0.591. The van der Waals surface area contributed by atoms with E-state index >= 15 is 0 Å². The number of rotatable bonds is 2. The van der Waals surface area contributed by atoms with Gasteiger partial charge in [-0.15, -0.1) is 13.2 Å². The van der Waals surface area contributed by atoms with E-state index in [1.807, 2.05) is 6.08 Å². The SMILES string of the molecule is C=CC1CCC(=C)CC1C=C.